The maximum atomic E-state index is 13.5. The lowest BCUT2D eigenvalue weighted by molar-refractivity contribution is -0.384. The maximum absolute atomic E-state index is 13.5. The Hall–Kier alpha value is -1.21. The van der Waals surface area contributed by atoms with E-state index in [1.807, 2.05) is 4.90 Å². The van der Waals surface area contributed by atoms with E-state index in [-0.39, 0.29) is 16.2 Å². The minimum atomic E-state index is -0.618. The van der Waals surface area contributed by atoms with Gasteiger partial charge in [-0.1, -0.05) is 0 Å². The Kier molecular flexibility index (Phi) is 4.93. The van der Waals surface area contributed by atoms with Crippen LogP contribution in [-0.2, 0) is 0 Å². The van der Waals surface area contributed by atoms with E-state index in [1.54, 1.807) is 0 Å². The van der Waals surface area contributed by atoms with Crippen LogP contribution in [0.2, 0.25) is 0 Å². The largest absolute Gasteiger partial charge is 0.363 e. The molecule has 1 aliphatic heterocycles. The van der Waals surface area contributed by atoms with Gasteiger partial charge in [0.2, 0.25) is 0 Å². The first kappa shape index (κ1) is 15.2. The summed E-state index contributed by atoms with van der Waals surface area (Å²) in [5.74, 6) is -0.618. The van der Waals surface area contributed by atoms with Gasteiger partial charge in [0.05, 0.1) is 15.5 Å². The summed E-state index contributed by atoms with van der Waals surface area (Å²) >= 11 is 3.11. The van der Waals surface area contributed by atoms with Gasteiger partial charge in [-0.15, -0.1) is 0 Å². The molecule has 0 saturated carbocycles. The molecule has 0 aliphatic carbocycles. The molecule has 110 valence electrons. The quantitative estimate of drug-likeness (QED) is 0.671. The van der Waals surface area contributed by atoms with E-state index in [0.29, 0.717) is 12.2 Å². The van der Waals surface area contributed by atoms with Crippen molar-refractivity contribution < 1.29 is 9.31 Å². The molecule has 1 aliphatic rings. The standard InChI is InChI=1S/C13H17BrFN3O2/c14-10-7-12(13(18(19)20)8-11(10)15)17-6-2-1-3-9(17)4-5-16/h7-9H,1-6,16H2. The molecule has 7 heteroatoms. The molecule has 2 rings (SSSR count). The molecule has 1 heterocycles. The van der Waals surface area contributed by atoms with Crippen LogP contribution in [-0.4, -0.2) is 24.1 Å². The minimum absolute atomic E-state index is 0.185. The Morgan fingerprint density at radius 3 is 2.90 bits per heavy atom. The molecule has 0 bridgehead atoms. The van der Waals surface area contributed by atoms with E-state index in [9.17, 15) is 14.5 Å². The molecule has 0 aromatic heterocycles. The summed E-state index contributed by atoms with van der Waals surface area (Å²) in [6.07, 6.45) is 3.82. The molecule has 0 radical (unpaired) electrons. The molecule has 1 unspecified atom stereocenters. The molecule has 1 aromatic carbocycles. The van der Waals surface area contributed by atoms with Gasteiger partial charge in [0.25, 0.3) is 5.69 Å². The van der Waals surface area contributed by atoms with Crippen molar-refractivity contribution in [1.29, 1.82) is 0 Å². The first-order chi connectivity index (χ1) is 9.54. The van der Waals surface area contributed by atoms with Crippen LogP contribution in [0.25, 0.3) is 0 Å². The number of nitrogens with two attached hydrogens (primary N) is 1. The normalized spacial score (nSPS) is 19.1. The average molecular weight is 346 g/mol. The molecule has 1 atom stereocenters. The predicted molar refractivity (Wildman–Crippen MR) is 79.4 cm³/mol. The van der Waals surface area contributed by atoms with Crippen molar-refractivity contribution in [1.82, 2.24) is 0 Å². The number of nitro benzene ring substituents is 1. The number of nitro groups is 1. The van der Waals surface area contributed by atoms with Crippen molar-refractivity contribution in [3.8, 4) is 0 Å². The van der Waals surface area contributed by atoms with Crippen molar-refractivity contribution in [3.05, 3.63) is 32.5 Å². The second-order valence-corrected chi connectivity index (χ2v) is 5.79. The zero-order chi connectivity index (χ0) is 14.7. The Bertz CT molecular complexity index is 511. The number of hydrogen-bond acceptors (Lipinski definition) is 4. The van der Waals surface area contributed by atoms with Crippen LogP contribution in [0.4, 0.5) is 15.8 Å². The number of hydrogen-bond donors (Lipinski definition) is 1. The van der Waals surface area contributed by atoms with Gasteiger partial charge < -0.3 is 10.6 Å². The summed E-state index contributed by atoms with van der Waals surface area (Å²) in [5.41, 5.74) is 5.91. The summed E-state index contributed by atoms with van der Waals surface area (Å²) < 4.78 is 13.8. The zero-order valence-corrected chi connectivity index (χ0v) is 12.6. The summed E-state index contributed by atoms with van der Waals surface area (Å²) in [6, 6.07) is 2.67. The molecule has 0 amide bonds. The number of halogens is 2. The number of benzene rings is 1. The highest BCUT2D eigenvalue weighted by Gasteiger charge is 2.28. The predicted octanol–water partition coefficient (Wildman–Crippen LogP) is 3.20. The fourth-order valence-electron chi connectivity index (χ4n) is 2.71. The Balaban J connectivity index is 2.43. The van der Waals surface area contributed by atoms with Crippen molar-refractivity contribution >= 4 is 27.3 Å². The molecule has 1 aromatic rings. The molecule has 5 nitrogen and oxygen atoms in total. The SMILES string of the molecule is NCCC1CCCCN1c1cc(Br)c(F)cc1[N+](=O)[O-]. The molecule has 0 spiro atoms. The van der Waals surface area contributed by atoms with E-state index in [2.05, 4.69) is 15.9 Å². The third-order valence-electron chi connectivity index (χ3n) is 3.65. The Morgan fingerprint density at radius 1 is 1.50 bits per heavy atom. The van der Waals surface area contributed by atoms with E-state index >= 15 is 0 Å². The highest BCUT2D eigenvalue weighted by Crippen LogP contribution is 2.37. The summed E-state index contributed by atoms with van der Waals surface area (Å²) in [4.78, 5) is 12.6. The highest BCUT2D eigenvalue weighted by molar-refractivity contribution is 9.10. The highest BCUT2D eigenvalue weighted by atomic mass is 79.9. The average Bonchev–Trinajstić information content (AvgIpc) is 2.42. The number of piperidine rings is 1. The molecular weight excluding hydrogens is 329 g/mol. The van der Waals surface area contributed by atoms with Crippen LogP contribution in [0.5, 0.6) is 0 Å². The lowest BCUT2D eigenvalue weighted by Crippen LogP contribution is -2.41. The van der Waals surface area contributed by atoms with Gasteiger partial charge in [-0.3, -0.25) is 10.1 Å². The van der Waals surface area contributed by atoms with Gasteiger partial charge in [0, 0.05) is 12.6 Å². The summed E-state index contributed by atoms with van der Waals surface area (Å²) in [6.45, 7) is 1.28. The monoisotopic (exact) mass is 345 g/mol. The Labute approximate surface area is 125 Å². The van der Waals surface area contributed by atoms with Crippen molar-refractivity contribution in [3.63, 3.8) is 0 Å². The Morgan fingerprint density at radius 2 is 2.25 bits per heavy atom. The van der Waals surface area contributed by atoms with Crippen LogP contribution in [0.3, 0.4) is 0 Å². The van der Waals surface area contributed by atoms with Crippen molar-refractivity contribution in [2.75, 3.05) is 18.0 Å². The van der Waals surface area contributed by atoms with Gasteiger partial charge in [-0.2, -0.15) is 0 Å². The van der Waals surface area contributed by atoms with Crippen LogP contribution in [0, 0.1) is 15.9 Å². The topological polar surface area (TPSA) is 72.4 Å². The fraction of sp³-hybridized carbons (Fsp3) is 0.538. The molecule has 1 saturated heterocycles. The summed E-state index contributed by atoms with van der Waals surface area (Å²) in [7, 11) is 0. The number of rotatable bonds is 4. The molecule has 1 fully saturated rings. The lowest BCUT2D eigenvalue weighted by Gasteiger charge is -2.37. The molecule has 2 N–H and O–H groups in total. The second-order valence-electron chi connectivity index (χ2n) is 4.93. The minimum Gasteiger partial charge on any atom is -0.363 e. The number of anilines is 1. The van der Waals surface area contributed by atoms with Gasteiger partial charge in [-0.25, -0.2) is 4.39 Å². The first-order valence-corrected chi connectivity index (χ1v) is 7.44. The third-order valence-corrected chi connectivity index (χ3v) is 4.26. The zero-order valence-electron chi connectivity index (χ0n) is 11.0. The van der Waals surface area contributed by atoms with Crippen LogP contribution in [0.15, 0.2) is 16.6 Å². The van der Waals surface area contributed by atoms with Gasteiger partial charge >= 0.3 is 0 Å². The first-order valence-electron chi connectivity index (χ1n) is 6.64. The molecule has 20 heavy (non-hydrogen) atoms. The van der Waals surface area contributed by atoms with Crippen LogP contribution >= 0.6 is 15.9 Å². The van der Waals surface area contributed by atoms with Gasteiger partial charge in [0.1, 0.15) is 11.5 Å². The van der Waals surface area contributed by atoms with E-state index in [0.717, 1.165) is 38.3 Å². The fourth-order valence-corrected chi connectivity index (χ4v) is 3.04. The van der Waals surface area contributed by atoms with Crippen molar-refractivity contribution in [2.45, 2.75) is 31.7 Å². The molecular formula is C13H17BrFN3O2. The van der Waals surface area contributed by atoms with Crippen LogP contribution < -0.4 is 10.6 Å². The third kappa shape index (κ3) is 3.09. The van der Waals surface area contributed by atoms with Crippen molar-refractivity contribution in [2.24, 2.45) is 5.73 Å². The maximum Gasteiger partial charge on any atom is 0.295 e. The van der Waals surface area contributed by atoms with E-state index in [1.165, 1.54) is 6.07 Å². The van der Waals surface area contributed by atoms with Gasteiger partial charge in [-0.05, 0) is 54.2 Å². The second kappa shape index (κ2) is 6.49. The van der Waals surface area contributed by atoms with Gasteiger partial charge in [0.15, 0.2) is 0 Å². The van der Waals surface area contributed by atoms with E-state index in [4.69, 9.17) is 5.73 Å². The lowest BCUT2D eigenvalue weighted by atomic mass is 9.98. The smallest absolute Gasteiger partial charge is 0.295 e. The summed E-state index contributed by atoms with van der Waals surface area (Å²) in [5, 5.41) is 11.2. The van der Waals surface area contributed by atoms with E-state index < -0.39 is 10.7 Å². The number of nitrogens with zero attached hydrogens (tertiary/aromatic N) is 2. The van der Waals surface area contributed by atoms with Crippen LogP contribution in [0.1, 0.15) is 25.7 Å².